The minimum Gasteiger partial charge on any atom is -0.490 e. The van der Waals surface area contributed by atoms with E-state index in [0.717, 1.165) is 22.2 Å². The van der Waals surface area contributed by atoms with Crippen LogP contribution in [0, 0.1) is 0 Å². The van der Waals surface area contributed by atoms with E-state index >= 15 is 0 Å². The highest BCUT2D eigenvalue weighted by molar-refractivity contribution is 5.93. The van der Waals surface area contributed by atoms with Crippen molar-refractivity contribution in [2.75, 3.05) is 13.2 Å². The molecule has 0 radical (unpaired) electrons. The molecule has 1 amide bonds. The van der Waals surface area contributed by atoms with E-state index in [0.29, 0.717) is 12.3 Å². The van der Waals surface area contributed by atoms with Gasteiger partial charge in [-0.1, -0.05) is 6.07 Å². The van der Waals surface area contributed by atoms with Crippen molar-refractivity contribution in [3.05, 3.63) is 30.0 Å². The maximum absolute atomic E-state index is 12.1. The van der Waals surface area contributed by atoms with E-state index in [2.05, 4.69) is 20.8 Å². The standard InChI is InChI=1S/C20H30N4O3.ClH/c1-13(2)23-24-18(26)9-14-10-21-16-7-6-8-17(19(14)16)27-12-15(25)11-22-20(3,4)5;/h6-8,10,15,21-22,25H,9,11-12H2,1-5H3,(H,24,26);1H. The van der Waals surface area contributed by atoms with Crippen LogP contribution in [0.5, 0.6) is 5.75 Å². The molecular weight excluding hydrogens is 380 g/mol. The fourth-order valence-electron chi connectivity index (χ4n) is 2.53. The Morgan fingerprint density at radius 3 is 2.68 bits per heavy atom. The molecular formula is C20H31ClN4O3. The number of aromatic amines is 1. The molecule has 0 saturated heterocycles. The molecule has 0 bridgehead atoms. The van der Waals surface area contributed by atoms with Crippen LogP contribution in [-0.4, -0.2) is 46.5 Å². The minimum atomic E-state index is -0.632. The van der Waals surface area contributed by atoms with E-state index in [1.54, 1.807) is 6.20 Å². The number of H-pyrrole nitrogens is 1. The Hall–Kier alpha value is -2.09. The zero-order chi connectivity index (χ0) is 20.0. The first-order chi connectivity index (χ1) is 12.7. The van der Waals surface area contributed by atoms with Gasteiger partial charge >= 0.3 is 0 Å². The van der Waals surface area contributed by atoms with Crippen molar-refractivity contribution in [3.63, 3.8) is 0 Å². The highest BCUT2D eigenvalue weighted by Gasteiger charge is 2.16. The molecule has 0 saturated carbocycles. The van der Waals surface area contributed by atoms with Crippen molar-refractivity contribution in [3.8, 4) is 5.75 Å². The number of halogens is 1. The number of amides is 1. The average molecular weight is 411 g/mol. The number of aliphatic hydroxyl groups excluding tert-OH is 1. The molecule has 8 heteroatoms. The highest BCUT2D eigenvalue weighted by Crippen LogP contribution is 2.29. The summed E-state index contributed by atoms with van der Waals surface area (Å²) in [4.78, 5) is 15.3. The van der Waals surface area contributed by atoms with Crippen molar-refractivity contribution in [2.45, 2.75) is 52.7 Å². The topological polar surface area (TPSA) is 98.7 Å². The van der Waals surface area contributed by atoms with Crippen LogP contribution < -0.4 is 15.5 Å². The van der Waals surface area contributed by atoms with Crippen LogP contribution in [0.25, 0.3) is 10.9 Å². The molecule has 1 heterocycles. The van der Waals surface area contributed by atoms with Crippen molar-refractivity contribution in [1.82, 2.24) is 15.7 Å². The lowest BCUT2D eigenvalue weighted by Gasteiger charge is -2.23. The van der Waals surface area contributed by atoms with Crippen LogP contribution in [0.1, 0.15) is 40.2 Å². The summed E-state index contributed by atoms with van der Waals surface area (Å²) in [6.45, 7) is 10.4. The van der Waals surface area contributed by atoms with Gasteiger partial charge in [-0.25, -0.2) is 5.43 Å². The smallest absolute Gasteiger partial charge is 0.244 e. The largest absolute Gasteiger partial charge is 0.490 e. The molecule has 0 aliphatic rings. The molecule has 1 aromatic heterocycles. The van der Waals surface area contributed by atoms with Gasteiger partial charge in [0.25, 0.3) is 0 Å². The number of ether oxygens (including phenoxy) is 1. The second-order valence-electron chi connectivity index (χ2n) is 7.86. The van der Waals surface area contributed by atoms with E-state index in [-0.39, 0.29) is 36.9 Å². The fourth-order valence-corrected chi connectivity index (χ4v) is 2.53. The fraction of sp³-hybridized carbons (Fsp3) is 0.500. The third-order valence-electron chi connectivity index (χ3n) is 3.80. The van der Waals surface area contributed by atoms with Gasteiger partial charge in [-0.05, 0) is 52.3 Å². The Bertz CT molecular complexity index is 807. The van der Waals surface area contributed by atoms with Crippen LogP contribution in [0.3, 0.4) is 0 Å². The molecule has 1 unspecified atom stereocenters. The van der Waals surface area contributed by atoms with Gasteiger partial charge in [0, 0.05) is 34.9 Å². The summed E-state index contributed by atoms with van der Waals surface area (Å²) in [5, 5.41) is 18.2. The average Bonchev–Trinajstić information content (AvgIpc) is 2.99. The van der Waals surface area contributed by atoms with E-state index in [1.165, 1.54) is 0 Å². The summed E-state index contributed by atoms with van der Waals surface area (Å²) in [7, 11) is 0. The van der Waals surface area contributed by atoms with Gasteiger partial charge in [0.1, 0.15) is 18.5 Å². The molecule has 0 aliphatic heterocycles. The number of rotatable bonds is 8. The summed E-state index contributed by atoms with van der Waals surface area (Å²) in [6.07, 6.45) is 1.36. The van der Waals surface area contributed by atoms with Crippen LogP contribution in [0.4, 0.5) is 0 Å². The first kappa shape index (κ1) is 23.9. The molecule has 28 heavy (non-hydrogen) atoms. The lowest BCUT2D eigenvalue weighted by Crippen LogP contribution is -2.42. The van der Waals surface area contributed by atoms with Gasteiger partial charge in [-0.2, -0.15) is 5.10 Å². The van der Waals surface area contributed by atoms with Crippen molar-refractivity contribution >= 4 is 34.9 Å². The normalized spacial score (nSPS) is 12.2. The number of carbonyl (C=O) groups excluding carboxylic acids is 1. The van der Waals surface area contributed by atoms with Gasteiger partial charge in [0.15, 0.2) is 0 Å². The maximum Gasteiger partial charge on any atom is 0.244 e. The van der Waals surface area contributed by atoms with Crippen molar-refractivity contribution < 1.29 is 14.6 Å². The van der Waals surface area contributed by atoms with Crippen LogP contribution in [0.2, 0.25) is 0 Å². The zero-order valence-corrected chi connectivity index (χ0v) is 17.9. The van der Waals surface area contributed by atoms with Gasteiger partial charge in [-0.15, -0.1) is 12.4 Å². The lowest BCUT2D eigenvalue weighted by atomic mass is 10.1. The first-order valence-electron chi connectivity index (χ1n) is 9.10. The summed E-state index contributed by atoms with van der Waals surface area (Å²) < 4.78 is 5.86. The lowest BCUT2D eigenvalue weighted by molar-refractivity contribution is -0.120. The highest BCUT2D eigenvalue weighted by atomic mass is 35.5. The number of nitrogens with zero attached hydrogens (tertiary/aromatic N) is 1. The molecule has 1 atom stereocenters. The number of aromatic nitrogens is 1. The maximum atomic E-state index is 12.1. The number of hydrogen-bond donors (Lipinski definition) is 4. The molecule has 4 N–H and O–H groups in total. The number of nitrogens with one attached hydrogen (secondary N) is 3. The third-order valence-corrected chi connectivity index (χ3v) is 3.80. The van der Waals surface area contributed by atoms with Crippen LogP contribution >= 0.6 is 12.4 Å². The van der Waals surface area contributed by atoms with E-state index in [1.807, 2.05) is 52.8 Å². The second-order valence-corrected chi connectivity index (χ2v) is 7.86. The number of hydrazone groups is 1. The van der Waals surface area contributed by atoms with E-state index < -0.39 is 6.10 Å². The number of β-amino-alcohol motifs (C(OH)–C–C–N with tert-alkyl or cyclic N) is 1. The molecule has 7 nitrogen and oxygen atoms in total. The zero-order valence-electron chi connectivity index (χ0n) is 17.1. The second kappa shape index (κ2) is 10.5. The molecule has 2 rings (SSSR count). The SMILES string of the molecule is CC(C)=NNC(=O)Cc1c[nH]c2cccc(OCC(O)CNC(C)(C)C)c12.Cl. The van der Waals surface area contributed by atoms with Crippen molar-refractivity contribution in [2.24, 2.45) is 5.10 Å². The van der Waals surface area contributed by atoms with E-state index in [4.69, 9.17) is 4.74 Å². The number of fused-ring (bicyclic) bond motifs is 1. The third kappa shape index (κ3) is 7.50. The summed E-state index contributed by atoms with van der Waals surface area (Å²) >= 11 is 0. The monoisotopic (exact) mass is 410 g/mol. The molecule has 1 aromatic carbocycles. The molecule has 0 fully saturated rings. The van der Waals surface area contributed by atoms with Crippen molar-refractivity contribution in [1.29, 1.82) is 0 Å². The Morgan fingerprint density at radius 2 is 2.04 bits per heavy atom. The molecule has 2 aromatic rings. The Labute approximate surface area is 172 Å². The summed E-state index contributed by atoms with van der Waals surface area (Å²) in [5.41, 5.74) is 4.95. The quantitative estimate of drug-likeness (QED) is 0.397. The molecule has 0 spiro atoms. The minimum absolute atomic E-state index is 0. The van der Waals surface area contributed by atoms with Crippen LogP contribution in [0.15, 0.2) is 29.5 Å². The predicted octanol–water partition coefficient (Wildman–Crippen LogP) is 2.77. The van der Waals surface area contributed by atoms with Crippen LogP contribution in [-0.2, 0) is 11.2 Å². The van der Waals surface area contributed by atoms with Gasteiger partial charge in [0.2, 0.25) is 5.91 Å². The summed E-state index contributed by atoms with van der Waals surface area (Å²) in [5.74, 6) is 0.447. The van der Waals surface area contributed by atoms with E-state index in [9.17, 15) is 9.90 Å². The number of aliphatic hydroxyl groups is 1. The van der Waals surface area contributed by atoms with Gasteiger partial charge in [0.05, 0.1) is 6.42 Å². The Kier molecular flexibility index (Phi) is 8.94. The predicted molar refractivity (Wildman–Crippen MR) is 115 cm³/mol. The molecule has 0 aliphatic carbocycles. The Balaban J connectivity index is 0.00000392. The van der Waals surface area contributed by atoms with Gasteiger partial charge < -0.3 is 20.1 Å². The molecule has 156 valence electrons. The summed E-state index contributed by atoms with van der Waals surface area (Å²) in [6, 6.07) is 5.65. The number of hydrogen-bond acceptors (Lipinski definition) is 5. The van der Waals surface area contributed by atoms with Gasteiger partial charge in [-0.3, -0.25) is 4.79 Å². The Morgan fingerprint density at radius 1 is 1.32 bits per heavy atom. The number of carbonyl (C=O) groups is 1. The first-order valence-corrected chi connectivity index (χ1v) is 9.10. The number of benzene rings is 1.